The monoisotopic (exact) mass is 459 g/mol. The third-order valence-electron chi connectivity index (χ3n) is 7.52. The number of nitrogens with one attached hydrogen (secondary N) is 1. The maximum atomic E-state index is 13.0. The summed E-state index contributed by atoms with van der Waals surface area (Å²) < 4.78 is 2.04. The van der Waals surface area contributed by atoms with Crippen LogP contribution in [0.15, 0.2) is 24.5 Å². The maximum Gasteiger partial charge on any atom is 0.225 e. The Morgan fingerprint density at radius 2 is 1.91 bits per heavy atom. The third kappa shape index (κ3) is 4.04. The molecule has 1 aliphatic carbocycles. The van der Waals surface area contributed by atoms with Crippen molar-refractivity contribution in [1.82, 2.24) is 24.6 Å². The molecule has 1 amide bonds. The fourth-order valence-corrected chi connectivity index (χ4v) is 5.54. The van der Waals surface area contributed by atoms with Crippen molar-refractivity contribution in [1.29, 1.82) is 5.26 Å². The molecule has 0 spiro atoms. The summed E-state index contributed by atoms with van der Waals surface area (Å²) in [6, 6.07) is 6.92. The lowest BCUT2D eigenvalue weighted by Gasteiger charge is -2.38. The molecule has 1 saturated carbocycles. The predicted molar refractivity (Wildman–Crippen MR) is 132 cm³/mol. The lowest BCUT2D eigenvalue weighted by molar-refractivity contribution is -0.137. The Labute approximate surface area is 200 Å². The van der Waals surface area contributed by atoms with Crippen LogP contribution in [-0.2, 0) is 4.79 Å². The summed E-state index contributed by atoms with van der Waals surface area (Å²) in [6.45, 7) is 9.46. The van der Waals surface area contributed by atoms with E-state index in [1.165, 1.54) is 0 Å². The molecule has 4 heterocycles. The van der Waals surface area contributed by atoms with Crippen LogP contribution < -0.4 is 4.90 Å². The van der Waals surface area contributed by atoms with Crippen molar-refractivity contribution in [2.24, 2.45) is 11.8 Å². The van der Waals surface area contributed by atoms with E-state index in [4.69, 9.17) is 5.26 Å². The standard InChI is InChI=1S/C26H33N7O/c1-17(2)33-18(3)22(16-29-33)23-14-21-24(8-9-28-25(21)30-23)31-10-12-32(13-11-31)26(34)20-6-4-19(15-27)5-7-20/h8-9,14,16-17,19-20H,4-7,10-13H2,1-3H3,(H,28,30). The minimum absolute atomic E-state index is 0.0889. The van der Waals surface area contributed by atoms with Gasteiger partial charge in [0.2, 0.25) is 5.91 Å². The molecule has 1 N–H and O–H groups in total. The zero-order chi connectivity index (χ0) is 23.8. The second kappa shape index (κ2) is 9.13. The van der Waals surface area contributed by atoms with Gasteiger partial charge < -0.3 is 14.8 Å². The highest BCUT2D eigenvalue weighted by molar-refractivity contribution is 5.94. The molecule has 1 saturated heterocycles. The molecule has 8 nitrogen and oxygen atoms in total. The number of carbonyl (C=O) groups is 1. The van der Waals surface area contributed by atoms with Gasteiger partial charge >= 0.3 is 0 Å². The van der Waals surface area contributed by atoms with E-state index in [1.807, 2.05) is 22.0 Å². The lowest BCUT2D eigenvalue weighted by Crippen LogP contribution is -2.50. The molecule has 8 heteroatoms. The topological polar surface area (TPSA) is 93.8 Å². The highest BCUT2D eigenvalue weighted by atomic mass is 16.2. The fourth-order valence-electron chi connectivity index (χ4n) is 5.54. The van der Waals surface area contributed by atoms with Crippen molar-refractivity contribution >= 4 is 22.6 Å². The molecule has 3 aromatic heterocycles. The number of H-pyrrole nitrogens is 1. The normalized spacial score (nSPS) is 21.3. The number of nitrogens with zero attached hydrogens (tertiary/aromatic N) is 6. The van der Waals surface area contributed by atoms with Gasteiger partial charge in [-0.3, -0.25) is 9.48 Å². The molecule has 2 fully saturated rings. The molecular weight excluding hydrogens is 426 g/mol. The molecule has 0 bridgehead atoms. The molecule has 2 aliphatic rings. The number of amides is 1. The number of aromatic amines is 1. The van der Waals surface area contributed by atoms with Gasteiger partial charge in [-0.15, -0.1) is 0 Å². The van der Waals surface area contributed by atoms with Gasteiger partial charge in [0, 0.05) is 72.6 Å². The minimum atomic E-state index is 0.0889. The molecule has 178 valence electrons. The lowest BCUT2D eigenvalue weighted by atomic mass is 9.82. The first-order valence-electron chi connectivity index (χ1n) is 12.4. The quantitative estimate of drug-likeness (QED) is 0.628. The van der Waals surface area contributed by atoms with Gasteiger partial charge in [0.05, 0.1) is 18.0 Å². The maximum absolute atomic E-state index is 13.0. The van der Waals surface area contributed by atoms with Gasteiger partial charge in [-0.25, -0.2) is 4.98 Å². The van der Waals surface area contributed by atoms with Gasteiger partial charge in [-0.05, 0) is 58.6 Å². The summed E-state index contributed by atoms with van der Waals surface area (Å²) in [5.74, 6) is 0.494. The summed E-state index contributed by atoms with van der Waals surface area (Å²) >= 11 is 0. The average molecular weight is 460 g/mol. The fraction of sp³-hybridized carbons (Fsp3) is 0.538. The number of piperazine rings is 1. The first-order valence-corrected chi connectivity index (χ1v) is 12.4. The van der Waals surface area contributed by atoms with Gasteiger partial charge in [0.25, 0.3) is 0 Å². The van der Waals surface area contributed by atoms with Gasteiger partial charge in [-0.2, -0.15) is 10.4 Å². The Bertz CT molecular complexity index is 1220. The second-order valence-electron chi connectivity index (χ2n) is 9.95. The van der Waals surface area contributed by atoms with E-state index >= 15 is 0 Å². The van der Waals surface area contributed by atoms with Crippen LogP contribution in [0.3, 0.4) is 0 Å². The van der Waals surface area contributed by atoms with Gasteiger partial charge in [-0.1, -0.05) is 0 Å². The number of carbonyl (C=O) groups excluding carboxylic acids is 1. The van der Waals surface area contributed by atoms with Gasteiger partial charge in [0.1, 0.15) is 5.65 Å². The zero-order valence-electron chi connectivity index (χ0n) is 20.3. The van der Waals surface area contributed by atoms with Gasteiger partial charge in [0.15, 0.2) is 0 Å². The number of aromatic nitrogens is 4. The smallest absolute Gasteiger partial charge is 0.225 e. The van der Waals surface area contributed by atoms with E-state index in [0.29, 0.717) is 6.04 Å². The number of rotatable bonds is 4. The first kappa shape index (κ1) is 22.5. The molecule has 5 rings (SSSR count). The first-order chi connectivity index (χ1) is 16.5. The Morgan fingerprint density at radius 1 is 1.18 bits per heavy atom. The van der Waals surface area contributed by atoms with Crippen molar-refractivity contribution in [2.75, 3.05) is 31.1 Å². The van der Waals surface area contributed by atoms with E-state index in [2.05, 4.69) is 58.9 Å². The summed E-state index contributed by atoms with van der Waals surface area (Å²) in [5.41, 5.74) is 5.29. The summed E-state index contributed by atoms with van der Waals surface area (Å²) in [6.07, 6.45) is 7.19. The highest BCUT2D eigenvalue weighted by Gasteiger charge is 2.31. The second-order valence-corrected chi connectivity index (χ2v) is 9.95. The van der Waals surface area contributed by atoms with E-state index in [1.54, 1.807) is 0 Å². The number of hydrogen-bond donors (Lipinski definition) is 1. The van der Waals surface area contributed by atoms with Crippen molar-refractivity contribution in [3.63, 3.8) is 0 Å². The van der Waals surface area contributed by atoms with Crippen LogP contribution in [0.5, 0.6) is 0 Å². The Balaban J connectivity index is 1.30. The molecule has 0 atom stereocenters. The van der Waals surface area contributed by atoms with E-state index in [0.717, 1.165) is 85.5 Å². The highest BCUT2D eigenvalue weighted by Crippen LogP contribution is 2.33. The SMILES string of the molecule is Cc1c(-c2cc3c(N4CCN(C(=O)C5CCC(C#N)CC5)CC4)ccnc3[nH]2)cnn1C(C)C. The Hall–Kier alpha value is -3.34. The van der Waals surface area contributed by atoms with Crippen molar-refractivity contribution in [3.05, 3.63) is 30.2 Å². The summed E-state index contributed by atoms with van der Waals surface area (Å²) in [4.78, 5) is 25.5. The Morgan fingerprint density at radius 3 is 2.56 bits per heavy atom. The number of anilines is 1. The van der Waals surface area contributed by atoms with Crippen LogP contribution in [0, 0.1) is 30.1 Å². The molecule has 3 aromatic rings. The number of fused-ring (bicyclic) bond motifs is 1. The summed E-state index contributed by atoms with van der Waals surface area (Å²) in [5, 5.41) is 14.8. The van der Waals surface area contributed by atoms with Crippen LogP contribution in [0.1, 0.15) is 51.3 Å². The minimum Gasteiger partial charge on any atom is -0.367 e. The molecule has 0 radical (unpaired) electrons. The zero-order valence-corrected chi connectivity index (χ0v) is 20.3. The summed E-state index contributed by atoms with van der Waals surface area (Å²) in [7, 11) is 0. The number of hydrogen-bond acceptors (Lipinski definition) is 5. The van der Waals surface area contributed by atoms with Crippen LogP contribution >= 0.6 is 0 Å². The molecule has 34 heavy (non-hydrogen) atoms. The molecule has 0 aromatic carbocycles. The van der Waals surface area contributed by atoms with E-state index < -0.39 is 0 Å². The number of pyridine rings is 1. The average Bonchev–Trinajstić information content (AvgIpc) is 3.47. The van der Waals surface area contributed by atoms with E-state index in [9.17, 15) is 4.79 Å². The third-order valence-corrected chi connectivity index (χ3v) is 7.52. The van der Waals surface area contributed by atoms with Crippen molar-refractivity contribution in [2.45, 2.75) is 52.5 Å². The predicted octanol–water partition coefficient (Wildman–Crippen LogP) is 4.29. The van der Waals surface area contributed by atoms with Crippen LogP contribution in [0.4, 0.5) is 5.69 Å². The number of nitriles is 1. The van der Waals surface area contributed by atoms with Crippen molar-refractivity contribution in [3.8, 4) is 17.3 Å². The van der Waals surface area contributed by atoms with Crippen LogP contribution in [0.2, 0.25) is 0 Å². The van der Waals surface area contributed by atoms with Crippen LogP contribution in [0.25, 0.3) is 22.3 Å². The molecule has 1 aliphatic heterocycles. The molecule has 0 unspecified atom stereocenters. The van der Waals surface area contributed by atoms with Crippen LogP contribution in [-0.4, -0.2) is 56.7 Å². The van der Waals surface area contributed by atoms with Crippen molar-refractivity contribution < 1.29 is 4.79 Å². The Kier molecular flexibility index (Phi) is 6.03. The largest absolute Gasteiger partial charge is 0.367 e. The molecular formula is C26H33N7O. The van der Waals surface area contributed by atoms with E-state index in [-0.39, 0.29) is 17.7 Å².